The Morgan fingerprint density at radius 1 is 0.975 bits per heavy atom. The zero-order valence-electron chi connectivity index (χ0n) is 22.1. The number of hydrogen-bond donors (Lipinski definition) is 2. The van der Waals surface area contributed by atoms with Crippen molar-refractivity contribution in [3.63, 3.8) is 0 Å². The molecule has 10 heteroatoms. The van der Waals surface area contributed by atoms with Crippen molar-refractivity contribution in [3.05, 3.63) is 123 Å². The zero-order valence-corrected chi connectivity index (χ0v) is 22.1. The van der Waals surface area contributed by atoms with Crippen LogP contribution in [0.3, 0.4) is 0 Å². The monoisotopic (exact) mass is 537 g/mol. The fraction of sp³-hybridized carbons (Fsp3) is 0.100. The number of amides is 2. The number of non-ortho nitro benzene ring substituents is 1. The van der Waals surface area contributed by atoms with Gasteiger partial charge in [-0.3, -0.25) is 19.7 Å². The van der Waals surface area contributed by atoms with Crippen molar-refractivity contribution in [1.29, 1.82) is 0 Å². The third-order valence-electron chi connectivity index (χ3n) is 5.92. The van der Waals surface area contributed by atoms with Gasteiger partial charge >= 0.3 is 0 Å². The standard InChI is InChI=1S/C30H27N5O5/c1-20-17-24(35(38)39)13-15-26(20)28-16-14-25(40-28)19-31-33-30(37)27(32-29(36)22-7-5-4-6-8-22)18-21-9-11-23(12-10-21)34(2)3/h4-19H,1-3H3,(H,32,36)(H,33,37)/b27-18-,31-19-. The predicted octanol–water partition coefficient (Wildman–Crippen LogP) is 5.15. The summed E-state index contributed by atoms with van der Waals surface area (Å²) >= 11 is 0. The van der Waals surface area contributed by atoms with E-state index in [9.17, 15) is 19.7 Å². The fourth-order valence-corrected chi connectivity index (χ4v) is 3.80. The lowest BCUT2D eigenvalue weighted by Gasteiger charge is -2.12. The number of anilines is 1. The Balaban J connectivity index is 1.50. The van der Waals surface area contributed by atoms with Gasteiger partial charge in [-0.05, 0) is 66.6 Å². The van der Waals surface area contributed by atoms with Crippen LogP contribution < -0.4 is 15.6 Å². The number of nitro groups is 1. The summed E-state index contributed by atoms with van der Waals surface area (Å²) in [5, 5.41) is 17.6. The van der Waals surface area contributed by atoms with Crippen molar-refractivity contribution in [3.8, 4) is 11.3 Å². The number of aryl methyl sites for hydroxylation is 1. The van der Waals surface area contributed by atoms with Gasteiger partial charge < -0.3 is 14.6 Å². The number of nitrogens with zero attached hydrogens (tertiary/aromatic N) is 3. The number of benzene rings is 3. The summed E-state index contributed by atoms with van der Waals surface area (Å²) in [5.41, 5.74) is 5.90. The van der Waals surface area contributed by atoms with E-state index in [0.29, 0.717) is 33.8 Å². The SMILES string of the molecule is Cc1cc([N+](=O)[O-])ccc1-c1ccc(/C=N\NC(=O)/C(=C/c2ccc(N(C)C)cc2)NC(=O)c2ccccc2)o1. The van der Waals surface area contributed by atoms with Gasteiger partial charge in [0.15, 0.2) is 0 Å². The van der Waals surface area contributed by atoms with E-state index in [-0.39, 0.29) is 11.4 Å². The summed E-state index contributed by atoms with van der Waals surface area (Å²) in [6.45, 7) is 1.75. The average Bonchev–Trinajstić information content (AvgIpc) is 3.41. The number of furan rings is 1. The van der Waals surface area contributed by atoms with E-state index in [1.165, 1.54) is 18.3 Å². The largest absolute Gasteiger partial charge is 0.455 e. The minimum Gasteiger partial charge on any atom is -0.455 e. The highest BCUT2D eigenvalue weighted by atomic mass is 16.6. The zero-order chi connectivity index (χ0) is 28.6. The molecule has 0 aliphatic heterocycles. The average molecular weight is 538 g/mol. The Morgan fingerprint density at radius 3 is 2.35 bits per heavy atom. The Hall–Kier alpha value is -5.51. The topological polar surface area (TPSA) is 130 Å². The van der Waals surface area contributed by atoms with Crippen molar-refractivity contribution in [1.82, 2.24) is 10.7 Å². The molecule has 0 atom stereocenters. The van der Waals surface area contributed by atoms with Gasteiger partial charge in [-0.15, -0.1) is 0 Å². The maximum atomic E-state index is 13.0. The molecule has 0 aliphatic rings. The molecule has 3 aromatic carbocycles. The van der Waals surface area contributed by atoms with Gasteiger partial charge in [0.25, 0.3) is 17.5 Å². The number of carbonyl (C=O) groups excluding carboxylic acids is 2. The summed E-state index contributed by atoms with van der Waals surface area (Å²) in [6.07, 6.45) is 2.89. The van der Waals surface area contributed by atoms with Crippen LogP contribution in [0.15, 0.2) is 100 Å². The molecular weight excluding hydrogens is 510 g/mol. The highest BCUT2D eigenvalue weighted by Gasteiger charge is 2.15. The molecule has 4 aromatic rings. The minimum absolute atomic E-state index is 0.00486. The number of hydrogen-bond acceptors (Lipinski definition) is 7. The van der Waals surface area contributed by atoms with E-state index in [1.54, 1.807) is 61.5 Å². The lowest BCUT2D eigenvalue weighted by molar-refractivity contribution is -0.384. The van der Waals surface area contributed by atoms with Crippen LogP contribution >= 0.6 is 0 Å². The van der Waals surface area contributed by atoms with Crippen LogP contribution in [0.25, 0.3) is 17.4 Å². The summed E-state index contributed by atoms with van der Waals surface area (Å²) in [4.78, 5) is 38.3. The fourth-order valence-electron chi connectivity index (χ4n) is 3.80. The molecule has 1 heterocycles. The van der Waals surface area contributed by atoms with Crippen LogP contribution in [0.5, 0.6) is 0 Å². The van der Waals surface area contributed by atoms with Crippen LogP contribution in [0.4, 0.5) is 11.4 Å². The summed E-state index contributed by atoms with van der Waals surface area (Å²) in [6, 6.07) is 23.9. The number of nitro benzene ring substituents is 1. The number of nitrogens with one attached hydrogen (secondary N) is 2. The van der Waals surface area contributed by atoms with E-state index in [4.69, 9.17) is 4.42 Å². The van der Waals surface area contributed by atoms with Crippen LogP contribution in [-0.4, -0.2) is 37.0 Å². The highest BCUT2D eigenvalue weighted by molar-refractivity contribution is 6.05. The van der Waals surface area contributed by atoms with Crippen molar-refractivity contribution in [2.45, 2.75) is 6.92 Å². The molecule has 0 unspecified atom stereocenters. The first-order valence-corrected chi connectivity index (χ1v) is 12.3. The summed E-state index contributed by atoms with van der Waals surface area (Å²) in [7, 11) is 3.85. The second kappa shape index (κ2) is 12.4. The molecule has 0 saturated carbocycles. The third-order valence-corrected chi connectivity index (χ3v) is 5.92. The van der Waals surface area contributed by atoms with E-state index < -0.39 is 16.7 Å². The minimum atomic E-state index is -0.629. The first-order valence-electron chi connectivity index (χ1n) is 12.3. The van der Waals surface area contributed by atoms with E-state index in [0.717, 1.165) is 5.69 Å². The van der Waals surface area contributed by atoms with Crippen molar-refractivity contribution in [2.24, 2.45) is 5.10 Å². The number of hydrazone groups is 1. The molecule has 0 radical (unpaired) electrons. The molecule has 0 bridgehead atoms. The quantitative estimate of drug-likeness (QED) is 0.131. The molecule has 0 fully saturated rings. The highest BCUT2D eigenvalue weighted by Crippen LogP contribution is 2.28. The van der Waals surface area contributed by atoms with Crippen molar-refractivity contribution in [2.75, 3.05) is 19.0 Å². The molecule has 10 nitrogen and oxygen atoms in total. The van der Waals surface area contributed by atoms with Gasteiger partial charge in [0.1, 0.15) is 17.2 Å². The van der Waals surface area contributed by atoms with Gasteiger partial charge in [0, 0.05) is 43.0 Å². The molecule has 0 spiro atoms. The molecule has 202 valence electrons. The van der Waals surface area contributed by atoms with Gasteiger partial charge in [0.2, 0.25) is 0 Å². The lowest BCUT2D eigenvalue weighted by atomic mass is 10.1. The molecule has 0 saturated heterocycles. The first-order chi connectivity index (χ1) is 19.2. The van der Waals surface area contributed by atoms with Crippen molar-refractivity contribution < 1.29 is 18.9 Å². The van der Waals surface area contributed by atoms with Gasteiger partial charge in [-0.2, -0.15) is 5.10 Å². The van der Waals surface area contributed by atoms with Gasteiger partial charge in [-0.1, -0.05) is 30.3 Å². The van der Waals surface area contributed by atoms with E-state index >= 15 is 0 Å². The second-order valence-corrected chi connectivity index (χ2v) is 9.02. The molecule has 40 heavy (non-hydrogen) atoms. The second-order valence-electron chi connectivity index (χ2n) is 9.02. The Morgan fingerprint density at radius 2 is 1.70 bits per heavy atom. The Labute approximate surface area is 230 Å². The molecule has 2 amide bonds. The normalized spacial score (nSPS) is 11.3. The lowest BCUT2D eigenvalue weighted by Crippen LogP contribution is -2.32. The van der Waals surface area contributed by atoms with Gasteiger partial charge in [-0.25, -0.2) is 5.43 Å². The van der Waals surface area contributed by atoms with Gasteiger partial charge in [0.05, 0.1) is 11.1 Å². The number of carbonyl (C=O) groups is 2. The van der Waals surface area contributed by atoms with Crippen molar-refractivity contribution >= 4 is 35.5 Å². The third kappa shape index (κ3) is 6.87. The molecule has 2 N–H and O–H groups in total. The maximum absolute atomic E-state index is 13.0. The molecule has 1 aromatic heterocycles. The smallest absolute Gasteiger partial charge is 0.287 e. The molecule has 0 aliphatic carbocycles. The molecule has 4 rings (SSSR count). The Kier molecular flexibility index (Phi) is 8.50. The van der Waals surface area contributed by atoms with Crippen LogP contribution in [0.1, 0.15) is 27.2 Å². The van der Waals surface area contributed by atoms with Crippen LogP contribution in [0, 0.1) is 17.0 Å². The first kappa shape index (κ1) is 27.5. The van der Waals surface area contributed by atoms with Crippen LogP contribution in [0.2, 0.25) is 0 Å². The maximum Gasteiger partial charge on any atom is 0.287 e. The van der Waals surface area contributed by atoms with E-state index in [1.807, 2.05) is 43.3 Å². The molecular formula is C30H27N5O5. The number of rotatable bonds is 9. The summed E-state index contributed by atoms with van der Waals surface area (Å²) < 4.78 is 5.78. The Bertz CT molecular complexity index is 1590. The summed E-state index contributed by atoms with van der Waals surface area (Å²) in [5.74, 6) is -0.219. The van der Waals surface area contributed by atoms with E-state index in [2.05, 4.69) is 15.8 Å². The predicted molar refractivity (Wildman–Crippen MR) is 154 cm³/mol. The van der Waals surface area contributed by atoms with Crippen LogP contribution in [-0.2, 0) is 4.79 Å².